The van der Waals surface area contributed by atoms with Crippen molar-refractivity contribution >= 4 is 43.2 Å². The molecule has 0 unspecified atom stereocenters. The van der Waals surface area contributed by atoms with Crippen LogP contribution in [-0.2, 0) is 16.6 Å². The van der Waals surface area contributed by atoms with Crippen LogP contribution < -0.4 is 9.60 Å². The van der Waals surface area contributed by atoms with Crippen LogP contribution in [0.3, 0.4) is 0 Å². The van der Waals surface area contributed by atoms with Crippen LogP contribution in [0.4, 0.5) is 0 Å². The molecule has 0 saturated carbocycles. The van der Waals surface area contributed by atoms with Gasteiger partial charge in [0.2, 0.25) is 10.0 Å². The lowest BCUT2D eigenvalue weighted by molar-refractivity contribution is 0.472. The molecule has 4 aromatic rings. The number of fused-ring (bicyclic) bond motifs is 1. The van der Waals surface area contributed by atoms with E-state index in [1.807, 2.05) is 42.5 Å². The normalized spacial score (nSPS) is 13.0. The summed E-state index contributed by atoms with van der Waals surface area (Å²) in [6.45, 7) is 4.53. The van der Waals surface area contributed by atoms with Gasteiger partial charge in [0.1, 0.15) is 0 Å². The summed E-state index contributed by atoms with van der Waals surface area (Å²) in [5.74, 6) is 0.313. The molecule has 0 aliphatic carbocycles. The summed E-state index contributed by atoms with van der Waals surface area (Å²) in [5, 5.41) is 0.634. The van der Waals surface area contributed by atoms with E-state index in [2.05, 4.69) is 18.6 Å². The van der Waals surface area contributed by atoms with Crippen molar-refractivity contribution in [3.63, 3.8) is 0 Å². The zero-order valence-corrected chi connectivity index (χ0v) is 20.8. The molecule has 0 saturated heterocycles. The van der Waals surface area contributed by atoms with E-state index in [0.29, 0.717) is 34.1 Å². The highest BCUT2D eigenvalue weighted by Gasteiger charge is 2.23. The Kier molecular flexibility index (Phi) is 7.05. The highest BCUT2D eigenvalue weighted by Crippen LogP contribution is 2.27. The zero-order valence-electron chi connectivity index (χ0n) is 18.4. The summed E-state index contributed by atoms with van der Waals surface area (Å²) >= 11 is 7.00. The van der Waals surface area contributed by atoms with Crippen molar-refractivity contribution in [1.82, 2.24) is 9.29 Å². The van der Waals surface area contributed by atoms with Gasteiger partial charge in [-0.1, -0.05) is 79.2 Å². The molecule has 3 aromatic carbocycles. The molecule has 172 valence electrons. The first-order valence-electron chi connectivity index (χ1n) is 10.7. The number of rotatable bonds is 8. The average molecular weight is 501 g/mol. The summed E-state index contributed by atoms with van der Waals surface area (Å²) in [7, 11) is -3.78. The molecule has 33 heavy (non-hydrogen) atoms. The van der Waals surface area contributed by atoms with Gasteiger partial charge in [0.15, 0.2) is 0 Å². The Morgan fingerprint density at radius 1 is 1.00 bits per heavy atom. The van der Waals surface area contributed by atoms with Gasteiger partial charge in [-0.05, 0) is 53.8 Å². The molecule has 1 atom stereocenters. The lowest BCUT2D eigenvalue weighted by atomic mass is 9.98. The zero-order chi connectivity index (χ0) is 23.6. The van der Waals surface area contributed by atoms with Gasteiger partial charge in [-0.3, -0.25) is 9.36 Å². The van der Waals surface area contributed by atoms with Crippen LogP contribution in [0, 0.1) is 5.92 Å². The summed E-state index contributed by atoms with van der Waals surface area (Å²) in [6.07, 6.45) is 0.677. The quantitative estimate of drug-likeness (QED) is 0.331. The number of hydrogen-bond donors (Lipinski definition) is 1. The molecule has 0 bridgehead atoms. The van der Waals surface area contributed by atoms with Crippen LogP contribution >= 0.6 is 22.9 Å². The second kappa shape index (κ2) is 9.81. The van der Waals surface area contributed by atoms with Crippen LogP contribution in [0.5, 0.6) is 0 Å². The minimum Gasteiger partial charge on any atom is -0.294 e. The van der Waals surface area contributed by atoms with Crippen molar-refractivity contribution in [2.45, 2.75) is 37.8 Å². The molecule has 0 fully saturated rings. The van der Waals surface area contributed by atoms with Gasteiger partial charge >= 0.3 is 4.87 Å². The van der Waals surface area contributed by atoms with Crippen molar-refractivity contribution < 1.29 is 8.42 Å². The fraction of sp³-hybridized carbons (Fsp3) is 0.240. The summed E-state index contributed by atoms with van der Waals surface area (Å²) in [6, 6.07) is 21.4. The van der Waals surface area contributed by atoms with E-state index in [4.69, 9.17) is 11.6 Å². The number of nitrogens with one attached hydrogen (secondary N) is 1. The van der Waals surface area contributed by atoms with Gasteiger partial charge < -0.3 is 0 Å². The monoisotopic (exact) mass is 500 g/mol. The Morgan fingerprint density at radius 3 is 2.36 bits per heavy atom. The van der Waals surface area contributed by atoms with Crippen LogP contribution in [0.25, 0.3) is 10.2 Å². The molecule has 1 N–H and O–H groups in total. The van der Waals surface area contributed by atoms with Gasteiger partial charge in [0.25, 0.3) is 0 Å². The molecular weight excluding hydrogens is 476 g/mol. The number of halogens is 1. The van der Waals surface area contributed by atoms with Gasteiger partial charge in [0, 0.05) is 11.1 Å². The molecule has 0 spiro atoms. The van der Waals surface area contributed by atoms with Crippen LogP contribution in [-0.4, -0.2) is 13.0 Å². The maximum atomic E-state index is 13.3. The number of sulfonamides is 1. The van der Waals surface area contributed by atoms with Crippen molar-refractivity contribution in [1.29, 1.82) is 0 Å². The van der Waals surface area contributed by atoms with Gasteiger partial charge in [-0.2, -0.15) is 0 Å². The second-order valence-electron chi connectivity index (χ2n) is 8.42. The van der Waals surface area contributed by atoms with Gasteiger partial charge in [-0.15, -0.1) is 0 Å². The molecule has 8 heteroatoms. The maximum Gasteiger partial charge on any atom is 0.308 e. The lowest BCUT2D eigenvalue weighted by Crippen LogP contribution is -2.29. The number of hydrogen-bond acceptors (Lipinski definition) is 4. The molecule has 5 nitrogen and oxygen atoms in total. The van der Waals surface area contributed by atoms with E-state index in [1.54, 1.807) is 34.9 Å². The van der Waals surface area contributed by atoms with Crippen molar-refractivity contribution in [3.8, 4) is 0 Å². The minimum absolute atomic E-state index is 0.135. The first-order valence-corrected chi connectivity index (χ1v) is 13.4. The molecule has 4 rings (SSSR count). The highest BCUT2D eigenvalue weighted by molar-refractivity contribution is 7.89. The third-order valence-corrected chi connectivity index (χ3v) is 8.07. The van der Waals surface area contributed by atoms with Crippen LogP contribution in [0.2, 0.25) is 5.02 Å². The number of aromatic nitrogens is 1. The Labute approximate surface area is 202 Å². The third kappa shape index (κ3) is 5.55. The molecule has 0 amide bonds. The SMILES string of the molecule is CC(C)C[C@H](NS(=O)(=O)c1ccc2c(c1)sc(=O)n2Cc1ccc(Cl)cc1)c1ccccc1. The molecule has 1 heterocycles. The number of thiazole rings is 1. The maximum absolute atomic E-state index is 13.3. The van der Waals surface area contributed by atoms with Crippen molar-refractivity contribution in [2.24, 2.45) is 5.92 Å². The number of nitrogens with zero attached hydrogens (tertiary/aromatic N) is 1. The standard InChI is InChI=1S/C25H25ClN2O3S2/c1-17(2)14-22(19-6-4-3-5-7-19)27-33(30,31)21-12-13-23-24(15-21)32-25(29)28(23)16-18-8-10-20(26)11-9-18/h3-13,15,17,22,27H,14,16H2,1-2H3/t22-/m0/s1. The first-order chi connectivity index (χ1) is 15.7. The van der Waals surface area contributed by atoms with Crippen LogP contribution in [0.1, 0.15) is 37.4 Å². The topological polar surface area (TPSA) is 68.2 Å². The van der Waals surface area contributed by atoms with E-state index < -0.39 is 10.0 Å². The van der Waals surface area contributed by atoms with E-state index in [9.17, 15) is 13.2 Å². The third-order valence-electron chi connectivity index (χ3n) is 5.41. The predicted octanol–water partition coefficient (Wildman–Crippen LogP) is 5.83. The second-order valence-corrected chi connectivity index (χ2v) is 11.6. The minimum atomic E-state index is -3.78. The van der Waals surface area contributed by atoms with E-state index >= 15 is 0 Å². The first kappa shape index (κ1) is 23.7. The predicted molar refractivity (Wildman–Crippen MR) is 136 cm³/mol. The van der Waals surface area contributed by atoms with Crippen molar-refractivity contribution in [3.05, 3.63) is 98.6 Å². The van der Waals surface area contributed by atoms with E-state index in [0.717, 1.165) is 22.5 Å². The Balaban J connectivity index is 1.64. The Morgan fingerprint density at radius 2 is 1.70 bits per heavy atom. The summed E-state index contributed by atoms with van der Waals surface area (Å²) in [4.78, 5) is 12.7. The van der Waals surface area contributed by atoms with Crippen LogP contribution in [0.15, 0.2) is 82.5 Å². The fourth-order valence-corrected chi connectivity index (χ4v) is 6.19. The van der Waals surface area contributed by atoms with E-state index in [1.165, 1.54) is 0 Å². The molecule has 1 aromatic heterocycles. The largest absolute Gasteiger partial charge is 0.308 e. The molecule has 0 aliphatic heterocycles. The van der Waals surface area contributed by atoms with Gasteiger partial charge in [-0.25, -0.2) is 13.1 Å². The fourth-order valence-electron chi connectivity index (χ4n) is 3.80. The summed E-state index contributed by atoms with van der Waals surface area (Å²) in [5.41, 5.74) is 2.58. The average Bonchev–Trinajstić information content (AvgIpc) is 3.09. The number of benzene rings is 3. The highest BCUT2D eigenvalue weighted by atomic mass is 35.5. The Hall–Kier alpha value is -2.45. The summed E-state index contributed by atoms with van der Waals surface area (Å²) < 4.78 is 31.7. The molecule has 0 aliphatic rings. The molecular formula is C25H25ClN2O3S2. The Bertz CT molecular complexity index is 1410. The van der Waals surface area contributed by atoms with Crippen molar-refractivity contribution in [2.75, 3.05) is 0 Å². The molecule has 0 radical (unpaired) electrons. The lowest BCUT2D eigenvalue weighted by Gasteiger charge is -2.21. The smallest absolute Gasteiger partial charge is 0.294 e. The van der Waals surface area contributed by atoms with Gasteiger partial charge in [0.05, 0.1) is 21.7 Å². The van der Waals surface area contributed by atoms with E-state index in [-0.39, 0.29) is 15.8 Å².